The van der Waals surface area contributed by atoms with Crippen molar-refractivity contribution in [3.8, 4) is 5.75 Å². The Labute approximate surface area is 220 Å². The summed E-state index contributed by atoms with van der Waals surface area (Å²) in [6.45, 7) is 3.96. The summed E-state index contributed by atoms with van der Waals surface area (Å²) in [5, 5.41) is 16.9. The zero-order chi connectivity index (χ0) is 24.4. The number of carbonyl (C=O) groups is 2. The number of thiophene rings is 1. The fourth-order valence-corrected chi connectivity index (χ4v) is 5.89. The first-order valence-electron chi connectivity index (χ1n) is 11.9. The van der Waals surface area contributed by atoms with Crippen LogP contribution in [0.1, 0.15) is 48.5 Å². The summed E-state index contributed by atoms with van der Waals surface area (Å²) in [5.74, 6) is -0.0944. The van der Waals surface area contributed by atoms with Crippen LogP contribution in [-0.2, 0) is 26.1 Å². The summed E-state index contributed by atoms with van der Waals surface area (Å²) >= 11 is 1.30. The van der Waals surface area contributed by atoms with Crippen molar-refractivity contribution in [2.75, 3.05) is 13.2 Å². The highest BCUT2D eigenvalue weighted by Gasteiger charge is 2.37. The quantitative estimate of drug-likeness (QED) is 0.417. The van der Waals surface area contributed by atoms with E-state index in [9.17, 15) is 14.7 Å². The predicted molar refractivity (Wildman–Crippen MR) is 142 cm³/mol. The SMILES string of the molecule is CCOc1c(C(=O)NCC(O)[C@@H]2Cc3ccccc3CN2)sc2c1C(=O)N(Cc1ccccc1)C2.Cl. The maximum Gasteiger partial charge on any atom is 0.265 e. The monoisotopic (exact) mass is 527 g/mol. The van der Waals surface area contributed by atoms with Crippen molar-refractivity contribution in [2.45, 2.75) is 45.1 Å². The van der Waals surface area contributed by atoms with Gasteiger partial charge in [-0.2, -0.15) is 0 Å². The second kappa shape index (κ2) is 11.4. The van der Waals surface area contributed by atoms with E-state index in [-0.39, 0.29) is 36.8 Å². The third-order valence-corrected chi connectivity index (χ3v) is 7.69. The molecule has 36 heavy (non-hydrogen) atoms. The van der Waals surface area contributed by atoms with E-state index in [4.69, 9.17) is 4.74 Å². The van der Waals surface area contributed by atoms with Gasteiger partial charge in [0, 0.05) is 30.6 Å². The number of aliphatic hydroxyl groups is 1. The summed E-state index contributed by atoms with van der Waals surface area (Å²) in [4.78, 5) is 29.3. The molecule has 2 aromatic carbocycles. The minimum atomic E-state index is -0.738. The molecule has 9 heteroatoms. The van der Waals surface area contributed by atoms with E-state index < -0.39 is 6.10 Å². The van der Waals surface area contributed by atoms with Crippen LogP contribution in [0, 0.1) is 0 Å². The Morgan fingerprint density at radius 2 is 1.92 bits per heavy atom. The lowest BCUT2D eigenvalue weighted by Crippen LogP contribution is -2.49. The molecule has 0 saturated carbocycles. The van der Waals surface area contributed by atoms with Gasteiger partial charge in [0.15, 0.2) is 5.75 Å². The number of hydrogen-bond donors (Lipinski definition) is 3. The van der Waals surface area contributed by atoms with Gasteiger partial charge in [0.05, 0.1) is 24.8 Å². The Hall–Kier alpha value is -2.91. The van der Waals surface area contributed by atoms with Gasteiger partial charge in [0.25, 0.3) is 11.8 Å². The van der Waals surface area contributed by atoms with Crippen molar-refractivity contribution in [2.24, 2.45) is 0 Å². The van der Waals surface area contributed by atoms with Gasteiger partial charge in [-0.25, -0.2) is 0 Å². The molecule has 1 aromatic heterocycles. The van der Waals surface area contributed by atoms with Crippen LogP contribution in [0.5, 0.6) is 5.75 Å². The van der Waals surface area contributed by atoms with E-state index in [1.165, 1.54) is 22.5 Å². The third kappa shape index (κ3) is 5.27. The van der Waals surface area contributed by atoms with Crippen LogP contribution < -0.4 is 15.4 Å². The van der Waals surface area contributed by atoms with E-state index >= 15 is 0 Å². The fraction of sp³-hybridized carbons (Fsp3) is 0.333. The first-order valence-corrected chi connectivity index (χ1v) is 12.7. The van der Waals surface area contributed by atoms with Crippen LogP contribution >= 0.6 is 23.7 Å². The minimum Gasteiger partial charge on any atom is -0.491 e. The lowest BCUT2D eigenvalue weighted by atomic mass is 9.93. The molecule has 0 saturated heterocycles. The first kappa shape index (κ1) is 26.2. The van der Waals surface area contributed by atoms with Crippen LogP contribution in [0.2, 0.25) is 0 Å². The molecule has 2 atom stereocenters. The van der Waals surface area contributed by atoms with Gasteiger partial charge in [-0.05, 0) is 30.0 Å². The van der Waals surface area contributed by atoms with Gasteiger partial charge in [0.2, 0.25) is 0 Å². The highest BCUT2D eigenvalue weighted by Crippen LogP contribution is 2.41. The molecule has 3 heterocycles. The first-order chi connectivity index (χ1) is 17.0. The van der Waals surface area contributed by atoms with Crippen LogP contribution in [0.15, 0.2) is 54.6 Å². The van der Waals surface area contributed by atoms with E-state index in [1.807, 2.05) is 49.4 Å². The summed E-state index contributed by atoms with van der Waals surface area (Å²) in [5.41, 5.74) is 4.00. The molecule has 1 unspecified atom stereocenters. The molecule has 0 radical (unpaired) electrons. The maximum atomic E-state index is 13.2. The molecule has 5 rings (SSSR count). The zero-order valence-electron chi connectivity index (χ0n) is 20.0. The van der Waals surface area contributed by atoms with E-state index in [2.05, 4.69) is 22.8 Å². The van der Waals surface area contributed by atoms with Gasteiger partial charge in [-0.15, -0.1) is 23.7 Å². The number of benzene rings is 2. The van der Waals surface area contributed by atoms with Crippen molar-refractivity contribution >= 4 is 35.6 Å². The average Bonchev–Trinajstić information content (AvgIpc) is 3.39. The van der Waals surface area contributed by atoms with Gasteiger partial charge in [-0.3, -0.25) is 9.59 Å². The fourth-order valence-electron chi connectivity index (χ4n) is 4.73. The number of fused-ring (bicyclic) bond motifs is 2. The Balaban J connectivity index is 0.00000304. The molecule has 3 aromatic rings. The number of amides is 2. The molecule has 0 fully saturated rings. The number of carbonyl (C=O) groups excluding carboxylic acids is 2. The smallest absolute Gasteiger partial charge is 0.265 e. The van der Waals surface area contributed by atoms with Gasteiger partial charge >= 0.3 is 0 Å². The topological polar surface area (TPSA) is 90.9 Å². The van der Waals surface area contributed by atoms with Gasteiger partial charge < -0.3 is 25.4 Å². The van der Waals surface area contributed by atoms with Crippen LogP contribution in [0.25, 0.3) is 0 Å². The second-order valence-corrected chi connectivity index (χ2v) is 9.98. The van der Waals surface area contributed by atoms with Gasteiger partial charge in [-0.1, -0.05) is 54.6 Å². The van der Waals surface area contributed by atoms with Crippen molar-refractivity contribution in [1.82, 2.24) is 15.5 Å². The molecule has 0 spiro atoms. The lowest BCUT2D eigenvalue weighted by Gasteiger charge is -2.30. The molecule has 2 aliphatic rings. The number of nitrogens with one attached hydrogen (secondary N) is 2. The Morgan fingerprint density at radius 3 is 2.67 bits per heavy atom. The summed E-state index contributed by atoms with van der Waals surface area (Å²) in [6, 6.07) is 17.9. The molecule has 3 N–H and O–H groups in total. The number of ether oxygens (including phenoxy) is 1. The second-order valence-electron chi connectivity index (χ2n) is 8.88. The van der Waals surface area contributed by atoms with Crippen LogP contribution in [0.4, 0.5) is 0 Å². The van der Waals surface area contributed by atoms with E-state index in [0.717, 1.165) is 10.4 Å². The normalized spacial score (nSPS) is 17.1. The largest absolute Gasteiger partial charge is 0.491 e. The van der Waals surface area contributed by atoms with E-state index in [1.54, 1.807) is 4.90 Å². The standard InChI is InChI=1S/C27H29N3O4S.ClH/c1-2-34-24-23-22(16-30(27(23)33)15-17-8-4-3-5-9-17)35-25(24)26(32)29-14-21(31)20-12-18-10-6-7-11-19(18)13-28-20;/h3-11,20-21,28,31H,2,12-16H2,1H3,(H,29,32);1H/t20-,21?;/m0./s1. The van der Waals surface area contributed by atoms with Crippen molar-refractivity contribution in [3.05, 3.63) is 86.6 Å². The number of rotatable bonds is 8. The summed E-state index contributed by atoms with van der Waals surface area (Å²) < 4.78 is 5.80. The Kier molecular flexibility index (Phi) is 8.31. The highest BCUT2D eigenvalue weighted by atomic mass is 35.5. The highest BCUT2D eigenvalue weighted by molar-refractivity contribution is 7.15. The number of nitrogens with zero attached hydrogens (tertiary/aromatic N) is 1. The molecule has 2 amide bonds. The van der Waals surface area contributed by atoms with Crippen LogP contribution in [0.3, 0.4) is 0 Å². The number of halogens is 1. The van der Waals surface area contributed by atoms with Crippen molar-refractivity contribution in [1.29, 1.82) is 0 Å². The predicted octanol–water partition coefficient (Wildman–Crippen LogP) is 3.53. The number of hydrogen-bond acceptors (Lipinski definition) is 6. The number of aliphatic hydroxyl groups excluding tert-OH is 1. The molecular weight excluding hydrogens is 498 g/mol. The molecule has 190 valence electrons. The van der Waals surface area contributed by atoms with Crippen LogP contribution in [-0.4, -0.2) is 47.1 Å². The summed E-state index contributed by atoms with van der Waals surface area (Å²) in [7, 11) is 0. The zero-order valence-corrected chi connectivity index (χ0v) is 21.7. The van der Waals surface area contributed by atoms with E-state index in [0.29, 0.717) is 48.9 Å². The molecule has 7 nitrogen and oxygen atoms in total. The van der Waals surface area contributed by atoms with Gasteiger partial charge in [0.1, 0.15) is 4.88 Å². The molecule has 0 aliphatic carbocycles. The maximum absolute atomic E-state index is 13.2. The summed E-state index contributed by atoms with van der Waals surface area (Å²) in [6.07, 6.45) is -0.0335. The molecule has 0 bridgehead atoms. The molecular formula is C27H30ClN3O4S. The third-order valence-electron chi connectivity index (χ3n) is 6.53. The van der Waals surface area contributed by atoms with Crippen molar-refractivity contribution in [3.63, 3.8) is 0 Å². The minimum absolute atomic E-state index is 0. The van der Waals surface area contributed by atoms with Crippen molar-refractivity contribution < 1.29 is 19.4 Å². The Morgan fingerprint density at radius 1 is 1.19 bits per heavy atom. The molecule has 2 aliphatic heterocycles. The Bertz CT molecular complexity index is 1230. The lowest BCUT2D eigenvalue weighted by molar-refractivity contribution is 0.0763. The average molecular weight is 528 g/mol.